The number of ether oxygens (including phenoxy) is 1. The van der Waals surface area contributed by atoms with E-state index in [2.05, 4.69) is 4.98 Å². The van der Waals surface area contributed by atoms with E-state index < -0.39 is 48.8 Å². The Labute approximate surface area is 101 Å². The van der Waals surface area contributed by atoms with Crippen LogP contribution in [0.4, 0.5) is 0 Å². The fourth-order valence-corrected chi connectivity index (χ4v) is 2.13. The molecule has 1 fully saturated rings. The number of aliphatic hydroxyl groups is 3. The number of hydrogen-bond donors (Lipinski definition) is 4. The second-order valence-electron chi connectivity index (χ2n) is 4.08. The van der Waals surface area contributed by atoms with Crippen molar-refractivity contribution in [2.24, 2.45) is 0 Å². The first kappa shape index (κ1) is 13.0. The smallest absolute Gasteiger partial charge is 0.328 e. The summed E-state index contributed by atoms with van der Waals surface area (Å²) in [5.41, 5.74) is -1.25. The van der Waals surface area contributed by atoms with Crippen LogP contribution in [0.3, 0.4) is 0 Å². The summed E-state index contributed by atoms with van der Waals surface area (Å²) >= 11 is 0. The SMILES string of the molecule is O=c1ccn([C@@H]2[C@@H](O)[C@@H](CO)O[C@@H]2CO)c(=O)[nH]1. The van der Waals surface area contributed by atoms with Crippen molar-refractivity contribution in [2.75, 3.05) is 13.2 Å². The average molecular weight is 258 g/mol. The van der Waals surface area contributed by atoms with E-state index in [1.165, 1.54) is 6.20 Å². The largest absolute Gasteiger partial charge is 0.394 e. The lowest BCUT2D eigenvalue weighted by Gasteiger charge is -2.20. The van der Waals surface area contributed by atoms with Gasteiger partial charge in [-0.05, 0) is 0 Å². The van der Waals surface area contributed by atoms with E-state index >= 15 is 0 Å². The molecule has 1 aromatic heterocycles. The number of rotatable bonds is 3. The van der Waals surface area contributed by atoms with Crippen LogP contribution in [0.1, 0.15) is 6.04 Å². The Morgan fingerprint density at radius 1 is 1.28 bits per heavy atom. The molecular weight excluding hydrogens is 244 g/mol. The zero-order valence-corrected chi connectivity index (χ0v) is 9.39. The minimum Gasteiger partial charge on any atom is -0.394 e. The molecule has 4 atom stereocenters. The first-order valence-electron chi connectivity index (χ1n) is 5.45. The number of aromatic nitrogens is 2. The van der Waals surface area contributed by atoms with Gasteiger partial charge in [0, 0.05) is 12.3 Å². The third-order valence-electron chi connectivity index (χ3n) is 2.99. The van der Waals surface area contributed by atoms with Gasteiger partial charge < -0.3 is 20.1 Å². The van der Waals surface area contributed by atoms with Gasteiger partial charge in [-0.1, -0.05) is 0 Å². The highest BCUT2D eigenvalue weighted by Gasteiger charge is 2.44. The monoisotopic (exact) mass is 258 g/mol. The third-order valence-corrected chi connectivity index (χ3v) is 2.99. The van der Waals surface area contributed by atoms with Gasteiger partial charge in [0.05, 0.1) is 19.3 Å². The van der Waals surface area contributed by atoms with Gasteiger partial charge in [0.1, 0.15) is 18.3 Å². The second-order valence-corrected chi connectivity index (χ2v) is 4.08. The molecule has 1 aliphatic rings. The quantitative estimate of drug-likeness (QED) is 0.464. The summed E-state index contributed by atoms with van der Waals surface area (Å²) in [7, 11) is 0. The van der Waals surface area contributed by atoms with E-state index in [1.807, 2.05) is 0 Å². The van der Waals surface area contributed by atoms with Crippen LogP contribution in [0.5, 0.6) is 0 Å². The first-order valence-corrected chi connectivity index (χ1v) is 5.45. The van der Waals surface area contributed by atoms with Gasteiger partial charge in [0.15, 0.2) is 0 Å². The molecule has 2 heterocycles. The van der Waals surface area contributed by atoms with E-state index in [0.29, 0.717) is 0 Å². The van der Waals surface area contributed by atoms with Crippen LogP contribution in [0.2, 0.25) is 0 Å². The van der Waals surface area contributed by atoms with Gasteiger partial charge >= 0.3 is 5.69 Å². The van der Waals surface area contributed by atoms with Crippen LogP contribution >= 0.6 is 0 Å². The number of hydrogen-bond acceptors (Lipinski definition) is 6. The molecule has 0 amide bonds. The fraction of sp³-hybridized carbons (Fsp3) is 0.600. The Balaban J connectivity index is 2.41. The van der Waals surface area contributed by atoms with Gasteiger partial charge in [-0.25, -0.2) is 4.79 Å². The van der Waals surface area contributed by atoms with Crippen LogP contribution < -0.4 is 11.2 Å². The number of nitrogens with one attached hydrogen (secondary N) is 1. The lowest BCUT2D eigenvalue weighted by molar-refractivity contribution is -0.0362. The molecule has 8 nitrogen and oxygen atoms in total. The summed E-state index contributed by atoms with van der Waals surface area (Å²) in [6.07, 6.45) is -1.61. The molecule has 4 N–H and O–H groups in total. The van der Waals surface area contributed by atoms with Gasteiger partial charge in [0.25, 0.3) is 5.56 Å². The second kappa shape index (κ2) is 5.02. The summed E-state index contributed by atoms with van der Waals surface area (Å²) in [6.45, 7) is -0.837. The molecule has 18 heavy (non-hydrogen) atoms. The van der Waals surface area contributed by atoms with Crippen molar-refractivity contribution in [3.63, 3.8) is 0 Å². The molecule has 1 aromatic rings. The normalized spacial score (nSPS) is 31.7. The number of nitrogens with zero attached hydrogens (tertiary/aromatic N) is 1. The average Bonchev–Trinajstić information content (AvgIpc) is 2.66. The van der Waals surface area contributed by atoms with Crippen LogP contribution in [0.25, 0.3) is 0 Å². The van der Waals surface area contributed by atoms with Crippen LogP contribution in [-0.4, -0.2) is 56.4 Å². The van der Waals surface area contributed by atoms with Gasteiger partial charge in [-0.2, -0.15) is 0 Å². The molecule has 0 saturated carbocycles. The Bertz CT molecular complexity index is 522. The maximum Gasteiger partial charge on any atom is 0.328 e. The standard InChI is InChI=1S/C10H14N2O6/c13-3-5-8(9(16)6(4-14)18-5)12-2-1-7(15)11-10(12)17/h1-2,5-6,8-9,13-14,16H,3-4H2,(H,11,15,17)/t5-,6-,8+,9+/m1/s1. The summed E-state index contributed by atoms with van der Waals surface area (Å²) in [6, 6.07) is 0.283. The van der Waals surface area contributed by atoms with Crippen molar-refractivity contribution in [3.05, 3.63) is 33.1 Å². The number of aliphatic hydroxyl groups excluding tert-OH is 3. The molecule has 0 spiro atoms. The number of H-pyrrole nitrogens is 1. The highest BCUT2D eigenvalue weighted by Crippen LogP contribution is 2.29. The van der Waals surface area contributed by atoms with Crippen LogP contribution in [-0.2, 0) is 4.74 Å². The minimum atomic E-state index is -1.14. The fourth-order valence-electron chi connectivity index (χ4n) is 2.13. The molecule has 0 unspecified atom stereocenters. The summed E-state index contributed by atoms with van der Waals surface area (Å²) in [5.74, 6) is 0. The van der Waals surface area contributed by atoms with E-state index in [4.69, 9.17) is 14.9 Å². The molecule has 100 valence electrons. The van der Waals surface area contributed by atoms with Crippen LogP contribution in [0, 0.1) is 0 Å². The zero-order chi connectivity index (χ0) is 13.3. The van der Waals surface area contributed by atoms with E-state index in [-0.39, 0.29) is 0 Å². The number of aromatic amines is 1. The van der Waals surface area contributed by atoms with Gasteiger partial charge in [-0.15, -0.1) is 0 Å². The van der Waals surface area contributed by atoms with Crippen molar-refractivity contribution in [1.82, 2.24) is 9.55 Å². The lowest BCUT2D eigenvalue weighted by Crippen LogP contribution is -2.40. The van der Waals surface area contributed by atoms with E-state index in [1.54, 1.807) is 0 Å². The maximum atomic E-state index is 11.6. The minimum absolute atomic E-state index is 0.413. The Kier molecular flexibility index (Phi) is 3.62. The molecular formula is C10H14N2O6. The predicted molar refractivity (Wildman–Crippen MR) is 59.2 cm³/mol. The lowest BCUT2D eigenvalue weighted by atomic mass is 10.1. The summed E-state index contributed by atoms with van der Waals surface area (Å²) < 4.78 is 6.31. The molecule has 0 aliphatic carbocycles. The van der Waals surface area contributed by atoms with Crippen molar-refractivity contribution in [3.8, 4) is 0 Å². The Hall–Kier alpha value is -1.48. The van der Waals surface area contributed by atoms with E-state index in [9.17, 15) is 14.7 Å². The molecule has 8 heteroatoms. The van der Waals surface area contributed by atoms with Crippen molar-refractivity contribution in [2.45, 2.75) is 24.4 Å². The van der Waals surface area contributed by atoms with E-state index in [0.717, 1.165) is 10.6 Å². The molecule has 0 bridgehead atoms. The molecule has 2 rings (SSSR count). The Morgan fingerprint density at radius 2 is 1.94 bits per heavy atom. The van der Waals surface area contributed by atoms with Crippen molar-refractivity contribution < 1.29 is 20.1 Å². The summed E-state index contributed by atoms with van der Waals surface area (Å²) in [5, 5.41) is 28.1. The first-order chi connectivity index (χ1) is 8.58. The molecule has 0 aromatic carbocycles. The molecule has 0 radical (unpaired) electrons. The van der Waals surface area contributed by atoms with Crippen molar-refractivity contribution in [1.29, 1.82) is 0 Å². The molecule has 1 saturated heterocycles. The predicted octanol–water partition coefficient (Wildman–Crippen LogP) is -2.81. The van der Waals surface area contributed by atoms with Crippen LogP contribution in [0.15, 0.2) is 21.9 Å². The summed E-state index contributed by atoms with van der Waals surface area (Å²) in [4.78, 5) is 24.6. The topological polar surface area (TPSA) is 125 Å². The Morgan fingerprint density at radius 3 is 2.50 bits per heavy atom. The van der Waals surface area contributed by atoms with Crippen molar-refractivity contribution >= 4 is 0 Å². The van der Waals surface area contributed by atoms with Gasteiger partial charge in [-0.3, -0.25) is 14.3 Å². The highest BCUT2D eigenvalue weighted by molar-refractivity contribution is 4.97. The third kappa shape index (κ3) is 2.10. The van der Waals surface area contributed by atoms with Gasteiger partial charge in [0.2, 0.25) is 0 Å². The zero-order valence-electron chi connectivity index (χ0n) is 9.39. The molecule has 1 aliphatic heterocycles. The maximum absolute atomic E-state index is 11.6. The highest BCUT2D eigenvalue weighted by atomic mass is 16.5.